The van der Waals surface area contributed by atoms with Crippen LogP contribution in [0.1, 0.15) is 24.8 Å². The van der Waals surface area contributed by atoms with Crippen molar-refractivity contribution < 1.29 is 4.79 Å². The smallest absolute Gasteiger partial charge is 0.248 e. The number of primary amides is 1. The Hall–Kier alpha value is -0.710. The number of halogens is 1. The summed E-state index contributed by atoms with van der Waals surface area (Å²) in [6.07, 6.45) is 3.01. The van der Waals surface area contributed by atoms with E-state index in [1.54, 1.807) is 11.8 Å². The third kappa shape index (κ3) is 2.37. The van der Waals surface area contributed by atoms with Crippen LogP contribution in [-0.4, -0.2) is 23.1 Å². The number of amides is 1. The fraction of sp³-hybridized carbons (Fsp3) is 0.500. The van der Waals surface area contributed by atoms with Crippen LogP contribution in [0.5, 0.6) is 0 Å². The maximum Gasteiger partial charge on any atom is 0.248 e. The molecule has 0 aromatic heterocycles. The van der Waals surface area contributed by atoms with E-state index < -0.39 is 4.87 Å². The van der Waals surface area contributed by atoms with Gasteiger partial charge < -0.3 is 5.73 Å². The topological polar surface area (TPSA) is 55.1 Å². The van der Waals surface area contributed by atoms with Crippen molar-refractivity contribution in [3.63, 3.8) is 0 Å². The molecule has 0 spiro atoms. The number of nitrogens with one attached hydrogen (secondary N) is 1. The molecular weight excluding hydrogens is 280 g/mol. The second-order valence-corrected chi connectivity index (χ2v) is 7.26. The standard InChI is InChI=1S/C14H17ClN2OS/c15-11-3-1-10(2-4-11)13(5-6-13)9-14(12(16)18)17-7-8-19-14/h1-4,17H,5-9H2,(H2,16,18). The van der Waals surface area contributed by atoms with E-state index >= 15 is 0 Å². The van der Waals surface area contributed by atoms with Gasteiger partial charge in [-0.2, -0.15) is 0 Å². The van der Waals surface area contributed by atoms with Gasteiger partial charge in [0.05, 0.1) is 0 Å². The van der Waals surface area contributed by atoms with E-state index in [1.165, 1.54) is 5.56 Å². The van der Waals surface area contributed by atoms with E-state index in [0.29, 0.717) is 0 Å². The van der Waals surface area contributed by atoms with Gasteiger partial charge in [0.15, 0.2) is 0 Å². The van der Waals surface area contributed by atoms with Gasteiger partial charge in [-0.05, 0) is 42.4 Å². The molecule has 5 heteroatoms. The van der Waals surface area contributed by atoms with E-state index in [0.717, 1.165) is 36.6 Å². The van der Waals surface area contributed by atoms with Crippen molar-refractivity contribution in [2.75, 3.05) is 12.3 Å². The molecule has 3 N–H and O–H groups in total. The molecule has 0 radical (unpaired) electrons. The van der Waals surface area contributed by atoms with Gasteiger partial charge in [-0.25, -0.2) is 0 Å². The third-order valence-corrected chi connectivity index (χ3v) is 5.80. The lowest BCUT2D eigenvalue weighted by atomic mass is 9.88. The van der Waals surface area contributed by atoms with Gasteiger partial charge in [0.2, 0.25) is 5.91 Å². The van der Waals surface area contributed by atoms with E-state index in [9.17, 15) is 4.79 Å². The molecular formula is C14H17ClN2OS. The van der Waals surface area contributed by atoms with Crippen LogP contribution >= 0.6 is 23.4 Å². The predicted molar refractivity (Wildman–Crippen MR) is 79.4 cm³/mol. The highest BCUT2D eigenvalue weighted by atomic mass is 35.5. The molecule has 1 atom stereocenters. The van der Waals surface area contributed by atoms with Gasteiger partial charge in [0.1, 0.15) is 4.87 Å². The molecule has 1 amide bonds. The summed E-state index contributed by atoms with van der Waals surface area (Å²) in [4.78, 5) is 11.2. The quantitative estimate of drug-likeness (QED) is 0.896. The van der Waals surface area contributed by atoms with E-state index in [4.69, 9.17) is 17.3 Å². The first kappa shape index (κ1) is 13.3. The highest BCUT2D eigenvalue weighted by Gasteiger charge is 2.53. The Morgan fingerprint density at radius 3 is 2.53 bits per heavy atom. The van der Waals surface area contributed by atoms with Gasteiger partial charge in [0, 0.05) is 17.3 Å². The molecule has 1 saturated carbocycles. The molecule has 1 aromatic carbocycles. The molecule has 19 heavy (non-hydrogen) atoms. The highest BCUT2D eigenvalue weighted by molar-refractivity contribution is 8.01. The zero-order chi connectivity index (χ0) is 13.5. The largest absolute Gasteiger partial charge is 0.367 e. The zero-order valence-corrected chi connectivity index (χ0v) is 12.2. The van der Waals surface area contributed by atoms with Crippen LogP contribution < -0.4 is 11.1 Å². The van der Waals surface area contributed by atoms with Crippen LogP contribution in [0, 0.1) is 0 Å². The van der Waals surface area contributed by atoms with Crippen molar-refractivity contribution >= 4 is 29.3 Å². The summed E-state index contributed by atoms with van der Waals surface area (Å²) in [5.74, 6) is 0.704. The third-order valence-electron chi connectivity index (χ3n) is 4.16. The molecule has 1 saturated heterocycles. The van der Waals surface area contributed by atoms with E-state index in [2.05, 4.69) is 17.4 Å². The minimum atomic E-state index is -0.587. The van der Waals surface area contributed by atoms with Crippen LogP contribution in [0.2, 0.25) is 5.02 Å². The van der Waals surface area contributed by atoms with Crippen LogP contribution in [0.4, 0.5) is 0 Å². The second kappa shape index (κ2) is 4.69. The van der Waals surface area contributed by atoms with Crippen LogP contribution in [0.15, 0.2) is 24.3 Å². The molecule has 2 aliphatic rings. The fourth-order valence-corrected chi connectivity index (χ4v) is 4.29. The van der Waals surface area contributed by atoms with Gasteiger partial charge in [0.25, 0.3) is 0 Å². The molecule has 3 rings (SSSR count). The van der Waals surface area contributed by atoms with E-state index in [1.807, 2.05) is 12.1 Å². The van der Waals surface area contributed by atoms with Crippen molar-refractivity contribution in [3.05, 3.63) is 34.9 Å². The zero-order valence-electron chi connectivity index (χ0n) is 10.6. The number of hydrogen-bond acceptors (Lipinski definition) is 3. The molecule has 1 aromatic rings. The minimum absolute atomic E-state index is 0.101. The van der Waals surface area contributed by atoms with Gasteiger partial charge in [-0.3, -0.25) is 10.1 Å². The normalized spacial score (nSPS) is 28.3. The number of carbonyl (C=O) groups is 1. The molecule has 1 unspecified atom stereocenters. The number of benzene rings is 1. The lowest BCUT2D eigenvalue weighted by molar-refractivity contribution is -0.121. The van der Waals surface area contributed by atoms with E-state index in [-0.39, 0.29) is 11.3 Å². The fourth-order valence-electron chi connectivity index (χ4n) is 2.89. The molecule has 102 valence electrons. The first-order valence-corrected chi connectivity index (χ1v) is 7.88. The summed E-state index contributed by atoms with van der Waals surface area (Å²) in [6.45, 7) is 0.851. The lowest BCUT2D eigenvalue weighted by Crippen LogP contribution is -2.51. The number of hydrogen-bond donors (Lipinski definition) is 2. The van der Waals surface area contributed by atoms with Crippen molar-refractivity contribution in [2.24, 2.45) is 5.73 Å². The Balaban J connectivity index is 1.85. The Labute approximate surface area is 122 Å². The Morgan fingerprint density at radius 2 is 2.05 bits per heavy atom. The minimum Gasteiger partial charge on any atom is -0.367 e. The van der Waals surface area contributed by atoms with Crippen molar-refractivity contribution in [1.82, 2.24) is 5.32 Å². The number of thioether (sulfide) groups is 1. The monoisotopic (exact) mass is 296 g/mol. The summed E-state index contributed by atoms with van der Waals surface area (Å²) >= 11 is 7.59. The molecule has 1 aliphatic heterocycles. The molecule has 1 heterocycles. The highest BCUT2D eigenvalue weighted by Crippen LogP contribution is 2.55. The Bertz CT molecular complexity index is 493. The Kier molecular flexibility index (Phi) is 3.28. The van der Waals surface area contributed by atoms with Crippen LogP contribution in [-0.2, 0) is 10.2 Å². The average Bonchev–Trinajstić information content (AvgIpc) is 2.99. The number of carbonyl (C=O) groups excluding carboxylic acids is 1. The van der Waals surface area contributed by atoms with Crippen molar-refractivity contribution in [3.8, 4) is 0 Å². The maximum atomic E-state index is 11.8. The maximum absolute atomic E-state index is 11.8. The van der Waals surface area contributed by atoms with Gasteiger partial charge in [-0.15, -0.1) is 11.8 Å². The first-order valence-electron chi connectivity index (χ1n) is 6.51. The summed E-state index contributed by atoms with van der Waals surface area (Å²) in [5.41, 5.74) is 7.00. The molecule has 1 aliphatic carbocycles. The Morgan fingerprint density at radius 1 is 1.37 bits per heavy atom. The summed E-state index contributed by atoms with van der Waals surface area (Å²) < 4.78 is 0. The second-order valence-electron chi connectivity index (χ2n) is 5.43. The summed E-state index contributed by atoms with van der Waals surface area (Å²) in [5, 5.41) is 4.06. The lowest BCUT2D eigenvalue weighted by Gasteiger charge is -2.30. The molecule has 2 fully saturated rings. The first-order chi connectivity index (χ1) is 9.06. The van der Waals surface area contributed by atoms with Crippen LogP contribution in [0.3, 0.4) is 0 Å². The molecule has 0 bridgehead atoms. The summed E-state index contributed by atoms with van der Waals surface area (Å²) in [7, 11) is 0. The van der Waals surface area contributed by atoms with Gasteiger partial charge in [-0.1, -0.05) is 23.7 Å². The van der Waals surface area contributed by atoms with Crippen molar-refractivity contribution in [2.45, 2.75) is 29.5 Å². The molecule has 3 nitrogen and oxygen atoms in total. The number of rotatable bonds is 4. The van der Waals surface area contributed by atoms with Gasteiger partial charge >= 0.3 is 0 Å². The predicted octanol–water partition coefficient (Wildman–Crippen LogP) is 2.28. The van der Waals surface area contributed by atoms with Crippen LogP contribution in [0.25, 0.3) is 0 Å². The average molecular weight is 297 g/mol. The van der Waals surface area contributed by atoms with Crippen molar-refractivity contribution in [1.29, 1.82) is 0 Å². The number of nitrogens with two attached hydrogens (primary N) is 1. The summed E-state index contributed by atoms with van der Waals surface area (Å²) in [6, 6.07) is 7.99. The SMILES string of the molecule is NC(=O)C1(CC2(c3ccc(Cl)cc3)CC2)NCCS1.